The number of fused-ring (bicyclic) bond motifs is 1. The predicted octanol–water partition coefficient (Wildman–Crippen LogP) is 3.61. The number of anilines is 1. The molecule has 1 N–H and O–H groups in total. The Bertz CT molecular complexity index is 362. The Morgan fingerprint density at radius 2 is 1.89 bits per heavy atom. The van der Waals surface area contributed by atoms with Crippen molar-refractivity contribution in [1.29, 1.82) is 0 Å². The molecule has 0 bridgehead atoms. The Balaban J connectivity index is 1.79. The molecule has 2 rings (SSSR count). The zero-order valence-electron chi connectivity index (χ0n) is 12.3. The molecule has 1 aliphatic heterocycles. The topological polar surface area (TPSA) is 15.3 Å². The first-order chi connectivity index (χ1) is 9.42. The lowest BCUT2D eigenvalue weighted by atomic mass is 10.1. The van der Waals surface area contributed by atoms with E-state index in [-0.39, 0.29) is 0 Å². The fourth-order valence-electron chi connectivity index (χ4n) is 2.96. The van der Waals surface area contributed by atoms with Crippen LogP contribution in [0.5, 0.6) is 0 Å². The third kappa shape index (κ3) is 4.54. The van der Waals surface area contributed by atoms with Crippen molar-refractivity contribution in [2.24, 2.45) is 0 Å². The van der Waals surface area contributed by atoms with E-state index in [2.05, 4.69) is 34.5 Å². The summed E-state index contributed by atoms with van der Waals surface area (Å²) in [6.07, 6.45) is 9.31. The summed E-state index contributed by atoms with van der Waals surface area (Å²) < 4.78 is 0. The molecule has 1 aromatic rings. The maximum absolute atomic E-state index is 3.22. The highest BCUT2D eigenvalue weighted by Crippen LogP contribution is 2.26. The van der Waals surface area contributed by atoms with Crippen LogP contribution in [0.4, 0.5) is 5.69 Å². The van der Waals surface area contributed by atoms with Crippen molar-refractivity contribution >= 4 is 5.69 Å². The van der Waals surface area contributed by atoms with Crippen LogP contribution in [-0.2, 0) is 6.42 Å². The van der Waals surface area contributed by atoms with Crippen LogP contribution >= 0.6 is 0 Å². The number of hydrogen-bond donors (Lipinski definition) is 1. The van der Waals surface area contributed by atoms with Gasteiger partial charge >= 0.3 is 0 Å². The highest BCUT2D eigenvalue weighted by atomic mass is 15.1. The van der Waals surface area contributed by atoms with Crippen molar-refractivity contribution in [3.63, 3.8) is 0 Å². The first kappa shape index (κ1) is 14.4. The highest BCUT2D eigenvalue weighted by molar-refractivity contribution is 5.54. The van der Waals surface area contributed by atoms with Gasteiger partial charge in [-0.1, -0.05) is 31.0 Å². The van der Waals surface area contributed by atoms with Gasteiger partial charge in [0.1, 0.15) is 0 Å². The fourth-order valence-corrected chi connectivity index (χ4v) is 2.96. The molecule has 2 nitrogen and oxygen atoms in total. The van der Waals surface area contributed by atoms with Gasteiger partial charge in [0.05, 0.1) is 0 Å². The van der Waals surface area contributed by atoms with Crippen LogP contribution in [0, 0.1) is 0 Å². The molecule has 1 aromatic carbocycles. The standard InChI is InChI=1S/C17H28N2/c1-18-13-7-2-3-8-14-19-15-9-6-11-16-10-4-5-12-17(16)19/h4-5,10,12,18H,2-3,6-9,11,13-15H2,1H3. The van der Waals surface area contributed by atoms with E-state index >= 15 is 0 Å². The molecule has 1 heterocycles. The molecule has 0 atom stereocenters. The first-order valence-electron chi connectivity index (χ1n) is 7.89. The Morgan fingerprint density at radius 3 is 2.79 bits per heavy atom. The van der Waals surface area contributed by atoms with Crippen LogP contribution in [0.15, 0.2) is 24.3 Å². The molecular formula is C17H28N2. The number of rotatable bonds is 7. The molecule has 0 saturated heterocycles. The molecule has 0 spiro atoms. The first-order valence-corrected chi connectivity index (χ1v) is 7.89. The van der Waals surface area contributed by atoms with E-state index in [0.717, 1.165) is 6.54 Å². The molecule has 0 radical (unpaired) electrons. The number of benzene rings is 1. The van der Waals surface area contributed by atoms with Gasteiger partial charge in [-0.05, 0) is 57.3 Å². The molecule has 0 aliphatic carbocycles. The third-order valence-corrected chi connectivity index (χ3v) is 4.06. The Hall–Kier alpha value is -1.02. The minimum atomic E-state index is 1.16. The number of nitrogens with zero attached hydrogens (tertiary/aromatic N) is 1. The molecule has 19 heavy (non-hydrogen) atoms. The van der Waals surface area contributed by atoms with Crippen molar-refractivity contribution in [3.05, 3.63) is 29.8 Å². The second-order valence-electron chi connectivity index (χ2n) is 5.59. The monoisotopic (exact) mass is 260 g/mol. The SMILES string of the molecule is CNCCCCCCN1CCCCc2ccccc21. The van der Waals surface area contributed by atoms with Crippen molar-refractivity contribution in [3.8, 4) is 0 Å². The van der Waals surface area contributed by atoms with Gasteiger partial charge in [-0.25, -0.2) is 0 Å². The van der Waals surface area contributed by atoms with Crippen LogP contribution in [0.1, 0.15) is 44.1 Å². The van der Waals surface area contributed by atoms with E-state index in [1.165, 1.54) is 63.7 Å². The van der Waals surface area contributed by atoms with Crippen LogP contribution in [0.3, 0.4) is 0 Å². The van der Waals surface area contributed by atoms with Crippen molar-refractivity contribution in [2.45, 2.75) is 44.9 Å². The van der Waals surface area contributed by atoms with Crippen molar-refractivity contribution < 1.29 is 0 Å². The lowest BCUT2D eigenvalue weighted by Crippen LogP contribution is -2.25. The minimum absolute atomic E-state index is 1.16. The van der Waals surface area contributed by atoms with Gasteiger partial charge < -0.3 is 10.2 Å². The molecule has 0 amide bonds. The summed E-state index contributed by atoms with van der Waals surface area (Å²) in [4.78, 5) is 2.61. The third-order valence-electron chi connectivity index (χ3n) is 4.06. The van der Waals surface area contributed by atoms with E-state index in [0.29, 0.717) is 0 Å². The lowest BCUT2D eigenvalue weighted by Gasteiger charge is -2.25. The summed E-state index contributed by atoms with van der Waals surface area (Å²) in [5.41, 5.74) is 3.05. The minimum Gasteiger partial charge on any atom is -0.371 e. The smallest absolute Gasteiger partial charge is 0.0398 e. The van der Waals surface area contributed by atoms with E-state index in [9.17, 15) is 0 Å². The molecular weight excluding hydrogens is 232 g/mol. The number of unbranched alkanes of at least 4 members (excludes halogenated alkanes) is 3. The Morgan fingerprint density at radius 1 is 1.05 bits per heavy atom. The molecule has 106 valence electrons. The van der Waals surface area contributed by atoms with Gasteiger partial charge in [0.25, 0.3) is 0 Å². The van der Waals surface area contributed by atoms with Crippen LogP contribution in [0.2, 0.25) is 0 Å². The maximum atomic E-state index is 3.22. The largest absolute Gasteiger partial charge is 0.371 e. The van der Waals surface area contributed by atoms with E-state index in [1.807, 2.05) is 7.05 Å². The summed E-state index contributed by atoms with van der Waals surface area (Å²) >= 11 is 0. The average molecular weight is 260 g/mol. The molecule has 2 heteroatoms. The number of aryl methyl sites for hydroxylation is 1. The Kier molecular flexibility index (Phi) is 6.22. The van der Waals surface area contributed by atoms with Gasteiger partial charge in [0.15, 0.2) is 0 Å². The predicted molar refractivity (Wildman–Crippen MR) is 84.0 cm³/mol. The summed E-state index contributed by atoms with van der Waals surface area (Å²) in [6.45, 7) is 3.64. The molecule has 0 unspecified atom stereocenters. The van der Waals surface area contributed by atoms with Gasteiger partial charge in [0.2, 0.25) is 0 Å². The van der Waals surface area contributed by atoms with Crippen LogP contribution in [0.25, 0.3) is 0 Å². The quantitative estimate of drug-likeness (QED) is 0.753. The van der Waals surface area contributed by atoms with Gasteiger partial charge in [-0.2, -0.15) is 0 Å². The molecule has 1 aliphatic rings. The lowest BCUT2D eigenvalue weighted by molar-refractivity contribution is 0.602. The fraction of sp³-hybridized carbons (Fsp3) is 0.647. The summed E-state index contributed by atoms with van der Waals surface area (Å²) in [5.74, 6) is 0. The number of para-hydroxylation sites is 1. The zero-order valence-corrected chi connectivity index (χ0v) is 12.3. The summed E-state index contributed by atoms with van der Waals surface area (Å²) in [7, 11) is 2.04. The van der Waals surface area contributed by atoms with Gasteiger partial charge in [0, 0.05) is 18.8 Å². The highest BCUT2D eigenvalue weighted by Gasteiger charge is 2.13. The molecule has 0 aromatic heterocycles. The van der Waals surface area contributed by atoms with E-state index < -0.39 is 0 Å². The second-order valence-corrected chi connectivity index (χ2v) is 5.59. The molecule has 0 saturated carbocycles. The van der Waals surface area contributed by atoms with Crippen LogP contribution in [-0.4, -0.2) is 26.7 Å². The molecule has 0 fully saturated rings. The Labute approximate surface area is 118 Å². The maximum Gasteiger partial charge on any atom is 0.0398 e. The van der Waals surface area contributed by atoms with Gasteiger partial charge in [-0.3, -0.25) is 0 Å². The van der Waals surface area contributed by atoms with E-state index in [1.54, 1.807) is 5.56 Å². The van der Waals surface area contributed by atoms with Crippen molar-refractivity contribution in [2.75, 3.05) is 31.6 Å². The normalized spacial score (nSPS) is 15.1. The van der Waals surface area contributed by atoms with Crippen LogP contribution < -0.4 is 10.2 Å². The second kappa shape index (κ2) is 8.21. The van der Waals surface area contributed by atoms with Crippen molar-refractivity contribution in [1.82, 2.24) is 5.32 Å². The average Bonchev–Trinajstić information content (AvgIpc) is 2.65. The summed E-state index contributed by atoms with van der Waals surface area (Å²) in [6, 6.07) is 8.98. The van der Waals surface area contributed by atoms with E-state index in [4.69, 9.17) is 0 Å². The number of hydrogen-bond acceptors (Lipinski definition) is 2. The summed E-state index contributed by atoms with van der Waals surface area (Å²) in [5, 5.41) is 3.22. The number of nitrogens with one attached hydrogen (secondary N) is 1. The van der Waals surface area contributed by atoms with Gasteiger partial charge in [-0.15, -0.1) is 0 Å². The zero-order chi connectivity index (χ0) is 13.3.